The fourth-order valence-corrected chi connectivity index (χ4v) is 2.87. The maximum absolute atomic E-state index is 9.60. The lowest BCUT2D eigenvalue weighted by molar-refractivity contribution is 0.104. The summed E-state index contributed by atoms with van der Waals surface area (Å²) in [4.78, 5) is 13.1. The molecule has 0 saturated carbocycles. The number of halogens is 1. The van der Waals surface area contributed by atoms with E-state index in [1.54, 1.807) is 30.6 Å². The number of hydrogen-bond acceptors (Lipinski definition) is 7. The molecule has 4 aromatic rings. The minimum atomic E-state index is -0.511. The smallest absolute Gasteiger partial charge is 0.278 e. The number of aryl methyl sites for hydroxylation is 1. The molecule has 8 nitrogen and oxygen atoms in total. The largest absolute Gasteiger partial charge is 0.491 e. The van der Waals surface area contributed by atoms with Gasteiger partial charge in [-0.05, 0) is 31.5 Å². The Kier molecular flexibility index (Phi) is 4.97. The molecule has 3 heterocycles. The fourth-order valence-electron chi connectivity index (χ4n) is 2.62. The zero-order valence-corrected chi connectivity index (χ0v) is 16.1. The highest BCUT2D eigenvalue weighted by Gasteiger charge is 2.16. The molecule has 1 aromatic carbocycles. The van der Waals surface area contributed by atoms with Gasteiger partial charge in [-0.3, -0.25) is 4.98 Å². The van der Waals surface area contributed by atoms with Crippen molar-refractivity contribution in [3.8, 4) is 28.7 Å². The van der Waals surface area contributed by atoms with Crippen LogP contribution in [0.25, 0.3) is 28.6 Å². The van der Waals surface area contributed by atoms with Gasteiger partial charge in [0.05, 0.1) is 23.0 Å². The average Bonchev–Trinajstić information content (AvgIpc) is 3.32. The normalized spacial score (nSPS) is 12.4. The van der Waals surface area contributed by atoms with E-state index in [0.717, 1.165) is 5.69 Å². The first kappa shape index (κ1) is 18.4. The molecule has 144 valence electrons. The molecule has 0 aliphatic heterocycles. The third-order valence-electron chi connectivity index (χ3n) is 4.21. The molecule has 28 heavy (non-hydrogen) atoms. The molecule has 0 fully saturated rings. The second-order valence-corrected chi connectivity index (χ2v) is 6.77. The number of imidazole rings is 1. The number of nitrogens with zero attached hydrogens (tertiary/aromatic N) is 5. The minimum Gasteiger partial charge on any atom is -0.491 e. The number of hydrogen-bond donors (Lipinski definition) is 1. The number of aliphatic hydroxyl groups is 1. The van der Waals surface area contributed by atoms with Gasteiger partial charge in [0.15, 0.2) is 5.65 Å². The van der Waals surface area contributed by atoms with Crippen molar-refractivity contribution >= 4 is 17.2 Å². The Morgan fingerprint density at radius 3 is 2.93 bits per heavy atom. The first-order chi connectivity index (χ1) is 13.5. The molecule has 0 radical (unpaired) electrons. The van der Waals surface area contributed by atoms with Crippen LogP contribution in [-0.4, -0.2) is 42.3 Å². The molecular formula is C19H18ClN5O3. The Labute approximate surface area is 165 Å². The van der Waals surface area contributed by atoms with Crippen LogP contribution in [0.3, 0.4) is 0 Å². The van der Waals surface area contributed by atoms with Crippen LogP contribution in [-0.2, 0) is 0 Å². The van der Waals surface area contributed by atoms with Crippen molar-refractivity contribution in [2.45, 2.75) is 26.4 Å². The summed E-state index contributed by atoms with van der Waals surface area (Å²) in [5, 5.41) is 14.0. The van der Waals surface area contributed by atoms with Crippen molar-refractivity contribution < 1.29 is 14.4 Å². The zero-order valence-electron chi connectivity index (χ0n) is 15.3. The molecule has 9 heteroatoms. The fraction of sp³-hybridized carbons (Fsp3) is 0.263. The SMILES string of the molecule is CCC(O)COc1ccc(-c2noc(-c3cn4cc(C)ncc4n3)n2)c(Cl)c1. The van der Waals surface area contributed by atoms with Gasteiger partial charge < -0.3 is 18.8 Å². The van der Waals surface area contributed by atoms with Gasteiger partial charge in [0.25, 0.3) is 5.89 Å². The van der Waals surface area contributed by atoms with Crippen LogP contribution in [0.2, 0.25) is 5.02 Å². The van der Waals surface area contributed by atoms with Crippen molar-refractivity contribution in [1.82, 2.24) is 24.5 Å². The number of rotatable bonds is 6. The molecule has 0 spiro atoms. The van der Waals surface area contributed by atoms with Crippen LogP contribution in [0, 0.1) is 6.92 Å². The molecule has 1 atom stereocenters. The summed E-state index contributed by atoms with van der Waals surface area (Å²) in [7, 11) is 0. The predicted molar refractivity (Wildman–Crippen MR) is 103 cm³/mol. The first-order valence-corrected chi connectivity index (χ1v) is 9.17. The second-order valence-electron chi connectivity index (χ2n) is 6.36. The lowest BCUT2D eigenvalue weighted by atomic mass is 10.2. The van der Waals surface area contributed by atoms with Gasteiger partial charge >= 0.3 is 0 Å². The van der Waals surface area contributed by atoms with E-state index in [1.165, 1.54) is 0 Å². The number of aromatic nitrogens is 5. The number of aliphatic hydroxyl groups excluding tert-OH is 1. The second kappa shape index (κ2) is 7.57. The lowest BCUT2D eigenvalue weighted by Gasteiger charge is -2.11. The van der Waals surface area contributed by atoms with E-state index >= 15 is 0 Å². The summed E-state index contributed by atoms with van der Waals surface area (Å²) in [6, 6.07) is 5.16. The van der Waals surface area contributed by atoms with Gasteiger partial charge in [-0.15, -0.1) is 0 Å². The van der Waals surface area contributed by atoms with Gasteiger partial charge in [-0.2, -0.15) is 4.98 Å². The van der Waals surface area contributed by atoms with E-state index < -0.39 is 6.10 Å². The highest BCUT2D eigenvalue weighted by Crippen LogP contribution is 2.31. The Bertz CT molecular complexity index is 1120. The topological polar surface area (TPSA) is 98.6 Å². The van der Waals surface area contributed by atoms with E-state index in [1.807, 2.05) is 24.4 Å². The maximum Gasteiger partial charge on any atom is 0.278 e. The van der Waals surface area contributed by atoms with E-state index in [-0.39, 0.29) is 6.61 Å². The molecule has 1 N–H and O–H groups in total. The molecule has 0 amide bonds. The monoisotopic (exact) mass is 399 g/mol. The van der Waals surface area contributed by atoms with Crippen LogP contribution >= 0.6 is 11.6 Å². The number of ether oxygens (including phenoxy) is 1. The summed E-state index contributed by atoms with van der Waals surface area (Å²) in [5.74, 6) is 1.21. The number of fused-ring (bicyclic) bond motifs is 1. The van der Waals surface area contributed by atoms with Gasteiger partial charge in [0.1, 0.15) is 18.1 Å². The molecule has 0 aliphatic rings. The minimum absolute atomic E-state index is 0.209. The van der Waals surface area contributed by atoms with Crippen molar-refractivity contribution in [1.29, 1.82) is 0 Å². The number of benzene rings is 1. The molecule has 0 saturated heterocycles. The standard InChI is InChI=1S/C19H18ClN5O3/c1-3-12(26)10-27-13-4-5-14(15(20)6-13)18-23-19(28-24-18)16-9-25-8-11(2)21-7-17(25)22-16/h4-9,12,26H,3,10H2,1-2H3. The molecule has 4 rings (SSSR count). The van der Waals surface area contributed by atoms with E-state index in [9.17, 15) is 5.11 Å². The highest BCUT2D eigenvalue weighted by molar-refractivity contribution is 6.33. The zero-order chi connectivity index (χ0) is 19.7. The quantitative estimate of drug-likeness (QED) is 0.529. The Hall–Kier alpha value is -2.97. The molecule has 0 bridgehead atoms. The van der Waals surface area contributed by atoms with Crippen molar-refractivity contribution in [3.63, 3.8) is 0 Å². The van der Waals surface area contributed by atoms with Gasteiger partial charge in [0, 0.05) is 18.0 Å². The Morgan fingerprint density at radius 2 is 2.14 bits per heavy atom. The van der Waals surface area contributed by atoms with Gasteiger partial charge in [0.2, 0.25) is 5.82 Å². The summed E-state index contributed by atoms with van der Waals surface area (Å²) in [5.41, 5.74) is 2.73. The van der Waals surface area contributed by atoms with Crippen molar-refractivity contribution in [2.24, 2.45) is 0 Å². The van der Waals surface area contributed by atoms with Gasteiger partial charge in [-0.25, -0.2) is 4.98 Å². The molecular weight excluding hydrogens is 382 g/mol. The summed E-state index contributed by atoms with van der Waals surface area (Å²) in [6.45, 7) is 4.00. The Morgan fingerprint density at radius 1 is 1.29 bits per heavy atom. The lowest BCUT2D eigenvalue weighted by Crippen LogP contribution is -2.15. The average molecular weight is 400 g/mol. The highest BCUT2D eigenvalue weighted by atomic mass is 35.5. The summed E-state index contributed by atoms with van der Waals surface area (Å²) < 4.78 is 12.7. The van der Waals surface area contributed by atoms with Crippen LogP contribution in [0.5, 0.6) is 5.75 Å². The van der Waals surface area contributed by atoms with Crippen LogP contribution in [0.15, 0.2) is 41.3 Å². The summed E-state index contributed by atoms with van der Waals surface area (Å²) in [6.07, 6.45) is 5.47. The van der Waals surface area contributed by atoms with E-state index in [4.69, 9.17) is 20.9 Å². The van der Waals surface area contributed by atoms with Gasteiger partial charge in [-0.1, -0.05) is 23.7 Å². The summed E-state index contributed by atoms with van der Waals surface area (Å²) >= 11 is 6.36. The third-order valence-corrected chi connectivity index (χ3v) is 4.52. The predicted octanol–water partition coefficient (Wildman–Crippen LogP) is 3.56. The Balaban J connectivity index is 1.58. The van der Waals surface area contributed by atoms with E-state index in [2.05, 4.69) is 20.1 Å². The third kappa shape index (κ3) is 3.69. The van der Waals surface area contributed by atoms with Crippen LogP contribution < -0.4 is 4.74 Å². The molecule has 0 aliphatic carbocycles. The maximum atomic E-state index is 9.60. The van der Waals surface area contributed by atoms with Crippen molar-refractivity contribution in [3.05, 3.63) is 47.5 Å². The molecule has 1 unspecified atom stereocenters. The molecule has 3 aromatic heterocycles. The van der Waals surface area contributed by atoms with Crippen LogP contribution in [0.4, 0.5) is 0 Å². The van der Waals surface area contributed by atoms with Crippen LogP contribution in [0.1, 0.15) is 19.0 Å². The van der Waals surface area contributed by atoms with E-state index in [0.29, 0.717) is 45.8 Å². The first-order valence-electron chi connectivity index (χ1n) is 8.79. The van der Waals surface area contributed by atoms with Crippen molar-refractivity contribution in [2.75, 3.05) is 6.61 Å².